The molecule has 1 atom stereocenters. The highest BCUT2D eigenvalue weighted by molar-refractivity contribution is 5.73. The minimum absolute atomic E-state index is 0.0529. The van der Waals surface area contributed by atoms with Gasteiger partial charge in [-0.3, -0.25) is 23.9 Å². The van der Waals surface area contributed by atoms with E-state index in [0.717, 1.165) is 0 Å². The van der Waals surface area contributed by atoms with Crippen molar-refractivity contribution in [2.45, 2.75) is 12.8 Å². The number of nitrogens with zero attached hydrogens (tertiary/aromatic N) is 9. The Morgan fingerprint density at radius 2 is 1.93 bits per heavy atom. The molecule has 0 unspecified atom stereocenters. The highest BCUT2D eigenvalue weighted by Gasteiger charge is 2.18. The Bertz CT molecular complexity index is 1070. The van der Waals surface area contributed by atoms with Crippen molar-refractivity contribution in [3.8, 4) is 0 Å². The van der Waals surface area contributed by atoms with Crippen LogP contribution in [0.2, 0.25) is 0 Å². The average molecular weight is 421 g/mol. The fraction of sp³-hybridized carbons (Fsp3) is 0.462. The summed E-state index contributed by atoms with van der Waals surface area (Å²) in [6.07, 6.45) is 0.243. The van der Waals surface area contributed by atoms with E-state index in [1.807, 2.05) is 0 Å². The number of aromatic nitrogens is 4. The number of aromatic amines is 1. The predicted molar refractivity (Wildman–Crippen MR) is 97.4 cm³/mol. The summed E-state index contributed by atoms with van der Waals surface area (Å²) in [7, 11) is 0. The standard InChI is InChI=1S/C13H15N11O6/c14-13-20-11-10(12(27)21-13)17-5-24(11)6-28-3-7(30-9(26)2-19-23-16)4-29-8(25)1-18-22-15/h5,7H,1-4,6H2,(H3,14,20,21,27)/t7-/m0/s1. The number of nitrogens with one attached hydrogen (secondary N) is 1. The first-order chi connectivity index (χ1) is 14.4. The summed E-state index contributed by atoms with van der Waals surface area (Å²) in [5.41, 5.74) is 21.7. The number of esters is 2. The number of imidazole rings is 1. The summed E-state index contributed by atoms with van der Waals surface area (Å²) in [6.45, 7) is -1.91. The van der Waals surface area contributed by atoms with Crippen molar-refractivity contribution < 1.29 is 23.8 Å². The third-order valence-corrected chi connectivity index (χ3v) is 3.28. The number of hydrogen-bond acceptors (Lipinski definition) is 11. The number of azide groups is 2. The fourth-order valence-electron chi connectivity index (χ4n) is 2.10. The number of H-pyrrole nitrogens is 1. The van der Waals surface area contributed by atoms with Gasteiger partial charge >= 0.3 is 11.9 Å². The molecule has 0 saturated carbocycles. The number of ether oxygens (including phenoxy) is 3. The number of nitrogen functional groups attached to an aromatic ring is 1. The van der Waals surface area contributed by atoms with Gasteiger partial charge in [-0.25, -0.2) is 4.98 Å². The molecule has 0 saturated heterocycles. The first-order valence-corrected chi connectivity index (χ1v) is 8.09. The molecule has 0 aliphatic heterocycles. The van der Waals surface area contributed by atoms with Crippen molar-refractivity contribution in [2.75, 3.05) is 32.0 Å². The van der Waals surface area contributed by atoms with Crippen molar-refractivity contribution in [2.24, 2.45) is 10.2 Å². The summed E-state index contributed by atoms with van der Waals surface area (Å²) in [6, 6.07) is 0. The van der Waals surface area contributed by atoms with Crippen molar-refractivity contribution >= 4 is 29.1 Å². The number of carbonyl (C=O) groups is 2. The van der Waals surface area contributed by atoms with Gasteiger partial charge in [0.25, 0.3) is 5.56 Å². The minimum atomic E-state index is -1.06. The molecule has 0 radical (unpaired) electrons. The molecular formula is C13H15N11O6. The number of carbonyl (C=O) groups excluding carboxylic acids is 2. The van der Waals surface area contributed by atoms with Gasteiger partial charge in [-0.05, 0) is 11.1 Å². The maximum atomic E-state index is 11.8. The van der Waals surface area contributed by atoms with Gasteiger partial charge in [0.05, 0.1) is 12.9 Å². The van der Waals surface area contributed by atoms with Gasteiger partial charge in [0, 0.05) is 9.82 Å². The highest BCUT2D eigenvalue weighted by Crippen LogP contribution is 2.07. The Balaban J connectivity index is 1.99. The zero-order chi connectivity index (χ0) is 21.9. The number of nitrogens with two attached hydrogens (primary N) is 1. The van der Waals surface area contributed by atoms with Crippen LogP contribution in [0.3, 0.4) is 0 Å². The SMILES string of the molecule is [N-]=[N+]=NCC(=O)OC[C@H](COCn1cnc2c(=O)[nH]c(N)nc21)OC(=O)CN=[N+]=[N-]. The molecule has 0 amide bonds. The normalized spacial score (nSPS) is 11.2. The molecule has 0 aromatic carbocycles. The van der Waals surface area contributed by atoms with Gasteiger partial charge in [-0.2, -0.15) is 4.98 Å². The molecule has 17 nitrogen and oxygen atoms in total. The summed E-state index contributed by atoms with van der Waals surface area (Å²) >= 11 is 0. The van der Waals surface area contributed by atoms with Crippen molar-refractivity contribution in [3.05, 3.63) is 37.6 Å². The zero-order valence-electron chi connectivity index (χ0n) is 15.2. The first-order valence-electron chi connectivity index (χ1n) is 8.09. The van der Waals surface area contributed by atoms with E-state index >= 15 is 0 Å². The molecule has 2 rings (SSSR count). The average Bonchev–Trinajstić information content (AvgIpc) is 3.11. The first kappa shape index (κ1) is 22.0. The highest BCUT2D eigenvalue weighted by atomic mass is 16.6. The summed E-state index contributed by atoms with van der Waals surface area (Å²) in [5, 5.41) is 6.12. The molecule has 0 fully saturated rings. The van der Waals surface area contributed by atoms with E-state index in [-0.39, 0.29) is 30.4 Å². The number of rotatable bonds is 11. The van der Waals surface area contributed by atoms with Gasteiger partial charge in [0.15, 0.2) is 17.3 Å². The van der Waals surface area contributed by atoms with Crippen LogP contribution in [0.1, 0.15) is 0 Å². The van der Waals surface area contributed by atoms with E-state index < -0.39 is 43.3 Å². The molecule has 17 heteroatoms. The summed E-state index contributed by atoms with van der Waals surface area (Å²) in [4.78, 5) is 49.9. The lowest BCUT2D eigenvalue weighted by Crippen LogP contribution is -2.31. The van der Waals surface area contributed by atoms with Crippen molar-refractivity contribution in [1.29, 1.82) is 0 Å². The lowest BCUT2D eigenvalue weighted by atomic mass is 10.4. The van der Waals surface area contributed by atoms with Crippen LogP contribution in [0.5, 0.6) is 0 Å². The second-order valence-corrected chi connectivity index (χ2v) is 5.41. The van der Waals surface area contributed by atoms with Gasteiger partial charge in [0.1, 0.15) is 26.4 Å². The van der Waals surface area contributed by atoms with Crippen LogP contribution < -0.4 is 11.3 Å². The molecule has 2 heterocycles. The van der Waals surface area contributed by atoms with Crippen LogP contribution in [-0.2, 0) is 30.5 Å². The maximum Gasteiger partial charge on any atom is 0.312 e. The maximum absolute atomic E-state index is 11.8. The van der Waals surface area contributed by atoms with Crippen LogP contribution in [0, 0.1) is 0 Å². The number of hydrogen-bond donors (Lipinski definition) is 2. The summed E-state index contributed by atoms with van der Waals surface area (Å²) in [5.74, 6) is -1.82. The monoisotopic (exact) mass is 421 g/mol. The molecule has 0 aliphatic carbocycles. The number of fused-ring (bicyclic) bond motifs is 1. The number of anilines is 1. The van der Waals surface area contributed by atoms with Crippen LogP contribution in [0.4, 0.5) is 5.95 Å². The van der Waals surface area contributed by atoms with E-state index in [2.05, 4.69) is 35.0 Å². The lowest BCUT2D eigenvalue weighted by Gasteiger charge is -2.17. The van der Waals surface area contributed by atoms with Crippen LogP contribution in [-0.4, -0.2) is 63.9 Å². The predicted octanol–water partition coefficient (Wildman–Crippen LogP) is -0.249. The van der Waals surface area contributed by atoms with Crippen molar-refractivity contribution in [3.63, 3.8) is 0 Å². The molecule has 0 bridgehead atoms. The lowest BCUT2D eigenvalue weighted by molar-refractivity contribution is -0.161. The van der Waals surface area contributed by atoms with Crippen LogP contribution in [0.25, 0.3) is 32.0 Å². The Morgan fingerprint density at radius 3 is 2.63 bits per heavy atom. The molecule has 2 aromatic heterocycles. The third kappa shape index (κ3) is 6.38. The van der Waals surface area contributed by atoms with Gasteiger partial charge in [-0.15, -0.1) is 0 Å². The Morgan fingerprint density at radius 1 is 1.23 bits per heavy atom. The largest absolute Gasteiger partial charge is 0.462 e. The molecule has 2 aromatic rings. The van der Waals surface area contributed by atoms with Gasteiger partial charge in [0.2, 0.25) is 5.95 Å². The third-order valence-electron chi connectivity index (χ3n) is 3.28. The van der Waals surface area contributed by atoms with E-state index in [1.54, 1.807) is 0 Å². The van der Waals surface area contributed by atoms with Gasteiger partial charge < -0.3 is 19.9 Å². The molecule has 0 spiro atoms. The van der Waals surface area contributed by atoms with Crippen LogP contribution in [0.15, 0.2) is 21.4 Å². The van der Waals surface area contributed by atoms with E-state index in [9.17, 15) is 14.4 Å². The second kappa shape index (κ2) is 10.9. The molecular weight excluding hydrogens is 406 g/mol. The van der Waals surface area contributed by atoms with Crippen LogP contribution >= 0.6 is 0 Å². The molecule has 158 valence electrons. The van der Waals surface area contributed by atoms with E-state index in [1.165, 1.54) is 10.9 Å². The molecule has 3 N–H and O–H groups in total. The second-order valence-electron chi connectivity index (χ2n) is 5.41. The molecule has 0 aliphatic rings. The quantitative estimate of drug-likeness (QED) is 0.210. The minimum Gasteiger partial charge on any atom is -0.462 e. The topological polar surface area (TPSA) is 249 Å². The smallest absolute Gasteiger partial charge is 0.312 e. The summed E-state index contributed by atoms with van der Waals surface area (Å²) < 4.78 is 16.7. The Kier molecular flexibility index (Phi) is 7.95. The van der Waals surface area contributed by atoms with E-state index in [0.29, 0.717) is 0 Å². The Hall–Kier alpha value is -4.33. The van der Waals surface area contributed by atoms with E-state index in [4.69, 9.17) is 31.0 Å². The zero-order valence-corrected chi connectivity index (χ0v) is 15.2. The molecule has 30 heavy (non-hydrogen) atoms. The fourth-order valence-corrected chi connectivity index (χ4v) is 2.10. The van der Waals surface area contributed by atoms with Gasteiger partial charge in [-0.1, -0.05) is 10.2 Å². The Labute approximate surface area is 166 Å². The van der Waals surface area contributed by atoms with Crippen molar-refractivity contribution in [1.82, 2.24) is 19.5 Å².